The van der Waals surface area contributed by atoms with Crippen molar-refractivity contribution in [3.05, 3.63) is 53.8 Å². The van der Waals surface area contributed by atoms with Crippen molar-refractivity contribution >= 4 is 35.1 Å². The number of benzene rings is 2. The van der Waals surface area contributed by atoms with Gasteiger partial charge in [-0.15, -0.1) is 11.8 Å². The number of rotatable bonds is 5. The minimum absolute atomic E-state index is 0.127. The van der Waals surface area contributed by atoms with Gasteiger partial charge in [0.25, 0.3) is 0 Å². The summed E-state index contributed by atoms with van der Waals surface area (Å²) in [6.45, 7) is 1.88. The van der Waals surface area contributed by atoms with Crippen LogP contribution in [0.1, 0.15) is 5.56 Å². The summed E-state index contributed by atoms with van der Waals surface area (Å²) in [5.74, 6) is -0.169. The van der Waals surface area contributed by atoms with Crippen LogP contribution in [0.5, 0.6) is 0 Å². The number of aryl methyl sites for hydroxylation is 1. The number of hydrogen-bond acceptors (Lipinski definition) is 4. The lowest BCUT2D eigenvalue weighted by Gasteiger charge is -2.09. The number of halogens is 1. The molecule has 112 valence electrons. The van der Waals surface area contributed by atoms with Crippen LogP contribution in [0.25, 0.3) is 0 Å². The van der Waals surface area contributed by atoms with Gasteiger partial charge in [0.05, 0.1) is 5.75 Å². The SMILES string of the molecule is Cc1cc(SC#N)ccc1NC(=O)CSc1ccc(F)cc1. The molecule has 2 aromatic rings. The molecule has 1 amide bonds. The molecular formula is C16H13FN2OS2. The first-order chi connectivity index (χ1) is 10.6. The van der Waals surface area contributed by atoms with Crippen LogP contribution in [0, 0.1) is 23.4 Å². The number of nitriles is 1. The number of carbonyl (C=O) groups excluding carboxylic acids is 1. The molecule has 22 heavy (non-hydrogen) atoms. The Morgan fingerprint density at radius 1 is 1.23 bits per heavy atom. The fourth-order valence-corrected chi connectivity index (χ4v) is 2.93. The number of thioether (sulfide) groups is 2. The fraction of sp³-hybridized carbons (Fsp3) is 0.125. The first-order valence-corrected chi connectivity index (χ1v) is 8.23. The lowest BCUT2D eigenvalue weighted by Crippen LogP contribution is -2.14. The zero-order valence-electron chi connectivity index (χ0n) is 11.8. The van der Waals surface area contributed by atoms with Crippen LogP contribution in [0.3, 0.4) is 0 Å². The molecule has 0 fully saturated rings. The summed E-state index contributed by atoms with van der Waals surface area (Å²) in [5, 5.41) is 13.5. The Labute approximate surface area is 136 Å². The highest BCUT2D eigenvalue weighted by molar-refractivity contribution is 8.03. The van der Waals surface area contributed by atoms with Gasteiger partial charge in [-0.1, -0.05) is 0 Å². The van der Waals surface area contributed by atoms with Crippen molar-refractivity contribution in [2.45, 2.75) is 16.7 Å². The second-order valence-corrected chi connectivity index (χ2v) is 6.37. The maximum absolute atomic E-state index is 12.8. The van der Waals surface area contributed by atoms with Gasteiger partial charge in [0.15, 0.2) is 0 Å². The summed E-state index contributed by atoms with van der Waals surface area (Å²) < 4.78 is 12.8. The molecule has 1 N–H and O–H groups in total. The lowest BCUT2D eigenvalue weighted by molar-refractivity contribution is -0.113. The number of hydrogen-bond donors (Lipinski definition) is 1. The minimum atomic E-state index is -0.292. The van der Waals surface area contributed by atoms with E-state index in [-0.39, 0.29) is 17.5 Å². The van der Waals surface area contributed by atoms with Gasteiger partial charge in [-0.05, 0) is 66.7 Å². The summed E-state index contributed by atoms with van der Waals surface area (Å²) in [6, 6.07) is 11.5. The average Bonchev–Trinajstić information content (AvgIpc) is 2.50. The van der Waals surface area contributed by atoms with Gasteiger partial charge in [-0.3, -0.25) is 4.79 Å². The zero-order valence-corrected chi connectivity index (χ0v) is 13.4. The first-order valence-electron chi connectivity index (χ1n) is 6.43. The van der Waals surface area contributed by atoms with E-state index in [0.717, 1.165) is 32.8 Å². The van der Waals surface area contributed by atoms with E-state index in [1.54, 1.807) is 24.3 Å². The third-order valence-corrected chi connectivity index (χ3v) is 4.41. The molecule has 0 radical (unpaired) electrons. The van der Waals surface area contributed by atoms with Crippen LogP contribution < -0.4 is 5.32 Å². The number of amides is 1. The van der Waals surface area contributed by atoms with Gasteiger partial charge in [-0.2, -0.15) is 5.26 Å². The maximum Gasteiger partial charge on any atom is 0.234 e. The summed E-state index contributed by atoms with van der Waals surface area (Å²) in [7, 11) is 0. The smallest absolute Gasteiger partial charge is 0.234 e. The van der Waals surface area contributed by atoms with E-state index >= 15 is 0 Å². The van der Waals surface area contributed by atoms with Crippen molar-refractivity contribution in [3.63, 3.8) is 0 Å². The van der Waals surface area contributed by atoms with E-state index in [2.05, 4.69) is 5.32 Å². The summed E-state index contributed by atoms with van der Waals surface area (Å²) in [4.78, 5) is 13.6. The molecule has 0 aliphatic heterocycles. The second-order valence-electron chi connectivity index (χ2n) is 4.46. The molecule has 2 rings (SSSR count). The van der Waals surface area contributed by atoms with Crippen LogP contribution in [-0.4, -0.2) is 11.7 Å². The van der Waals surface area contributed by atoms with Crippen molar-refractivity contribution in [2.75, 3.05) is 11.1 Å². The highest BCUT2D eigenvalue weighted by atomic mass is 32.2. The van der Waals surface area contributed by atoms with E-state index in [4.69, 9.17) is 5.26 Å². The molecule has 0 bridgehead atoms. The third-order valence-electron chi connectivity index (χ3n) is 2.82. The molecule has 0 aliphatic carbocycles. The molecular weight excluding hydrogens is 319 g/mol. The predicted octanol–water partition coefficient (Wildman–Crippen LogP) is 4.44. The van der Waals surface area contributed by atoms with Crippen LogP contribution >= 0.6 is 23.5 Å². The van der Waals surface area contributed by atoms with Crippen LogP contribution in [0.2, 0.25) is 0 Å². The van der Waals surface area contributed by atoms with Crippen molar-refractivity contribution in [3.8, 4) is 5.40 Å². The standard InChI is InChI=1S/C16H13FN2OS2/c1-11-8-14(22-10-18)6-7-15(11)19-16(20)9-21-13-4-2-12(17)3-5-13/h2-8H,9H2,1H3,(H,19,20). The Balaban J connectivity index is 1.92. The van der Waals surface area contributed by atoms with Gasteiger partial charge >= 0.3 is 0 Å². The van der Waals surface area contributed by atoms with Gasteiger partial charge in [-0.25, -0.2) is 4.39 Å². The Kier molecular flexibility index (Phi) is 5.87. The van der Waals surface area contributed by atoms with E-state index in [9.17, 15) is 9.18 Å². The molecule has 6 heteroatoms. The van der Waals surface area contributed by atoms with Crippen LogP contribution in [0.4, 0.5) is 10.1 Å². The van der Waals surface area contributed by atoms with Crippen LogP contribution in [-0.2, 0) is 4.79 Å². The molecule has 2 aromatic carbocycles. The minimum Gasteiger partial charge on any atom is -0.325 e. The number of nitrogens with zero attached hydrogens (tertiary/aromatic N) is 1. The van der Waals surface area contributed by atoms with Gasteiger partial charge in [0.1, 0.15) is 11.2 Å². The Morgan fingerprint density at radius 2 is 1.91 bits per heavy atom. The number of carbonyl (C=O) groups is 1. The fourth-order valence-electron chi connectivity index (χ4n) is 1.76. The highest BCUT2D eigenvalue weighted by Crippen LogP contribution is 2.24. The molecule has 0 atom stereocenters. The van der Waals surface area contributed by atoms with Crippen molar-refractivity contribution in [2.24, 2.45) is 0 Å². The van der Waals surface area contributed by atoms with Crippen molar-refractivity contribution in [1.82, 2.24) is 0 Å². The molecule has 0 saturated carbocycles. The average molecular weight is 332 g/mol. The van der Waals surface area contributed by atoms with E-state index in [1.807, 2.05) is 18.4 Å². The largest absolute Gasteiger partial charge is 0.325 e. The highest BCUT2D eigenvalue weighted by Gasteiger charge is 2.07. The Morgan fingerprint density at radius 3 is 2.55 bits per heavy atom. The predicted molar refractivity (Wildman–Crippen MR) is 88.4 cm³/mol. The summed E-state index contributed by atoms with van der Waals surface area (Å²) in [5.41, 5.74) is 1.63. The van der Waals surface area contributed by atoms with Crippen LogP contribution in [0.15, 0.2) is 52.3 Å². The van der Waals surface area contributed by atoms with Gasteiger partial charge in [0, 0.05) is 15.5 Å². The summed E-state index contributed by atoms with van der Waals surface area (Å²) in [6.07, 6.45) is 0. The zero-order chi connectivity index (χ0) is 15.9. The van der Waals surface area contributed by atoms with Crippen molar-refractivity contribution in [1.29, 1.82) is 5.26 Å². The molecule has 0 saturated heterocycles. The lowest BCUT2D eigenvalue weighted by atomic mass is 10.2. The molecule has 3 nitrogen and oxygen atoms in total. The maximum atomic E-state index is 12.8. The molecule has 0 unspecified atom stereocenters. The second kappa shape index (κ2) is 7.87. The third kappa shape index (κ3) is 4.79. The summed E-state index contributed by atoms with van der Waals surface area (Å²) >= 11 is 2.43. The van der Waals surface area contributed by atoms with Crippen molar-refractivity contribution < 1.29 is 9.18 Å². The quantitative estimate of drug-likeness (QED) is 0.650. The number of nitrogens with one attached hydrogen (secondary N) is 1. The van der Waals surface area contributed by atoms with E-state index in [1.165, 1.54) is 23.9 Å². The first kappa shape index (κ1) is 16.4. The molecule has 0 spiro atoms. The Bertz CT molecular complexity index is 711. The number of anilines is 1. The number of thiocyanates is 1. The Hall–Kier alpha value is -1.97. The van der Waals surface area contributed by atoms with E-state index in [0.29, 0.717) is 0 Å². The molecule has 0 aliphatic rings. The van der Waals surface area contributed by atoms with Gasteiger partial charge in [0.2, 0.25) is 5.91 Å². The van der Waals surface area contributed by atoms with E-state index < -0.39 is 0 Å². The van der Waals surface area contributed by atoms with Gasteiger partial charge < -0.3 is 5.32 Å². The monoisotopic (exact) mass is 332 g/mol. The molecule has 0 aromatic heterocycles. The molecule has 0 heterocycles. The topological polar surface area (TPSA) is 52.9 Å². The normalized spacial score (nSPS) is 10.0.